The lowest BCUT2D eigenvalue weighted by Gasteiger charge is -2.11. The molecule has 0 saturated heterocycles. The standard InChI is InChI=1S/C15H16ClN3O3/c1-8-12(9(2)22-19-8)7-17-15(20)18-13-6-11(16)5-10-3-4-21-14(10)13/h5-6H,3-4,7H2,1-2H3,(H2,17,18,20). The van der Waals surface area contributed by atoms with Gasteiger partial charge in [0.05, 0.1) is 18.0 Å². The second-order valence-electron chi connectivity index (χ2n) is 5.15. The van der Waals surface area contributed by atoms with E-state index in [9.17, 15) is 4.79 Å². The molecule has 0 spiro atoms. The minimum atomic E-state index is -0.333. The molecule has 0 fully saturated rings. The van der Waals surface area contributed by atoms with E-state index in [0.29, 0.717) is 35.4 Å². The second kappa shape index (κ2) is 5.88. The molecule has 0 aliphatic carbocycles. The first-order valence-electron chi connectivity index (χ1n) is 6.96. The number of halogens is 1. The Bertz CT molecular complexity index is 708. The largest absolute Gasteiger partial charge is 0.491 e. The van der Waals surface area contributed by atoms with Gasteiger partial charge in [0.2, 0.25) is 0 Å². The zero-order chi connectivity index (χ0) is 15.7. The van der Waals surface area contributed by atoms with Gasteiger partial charge in [0.1, 0.15) is 11.5 Å². The zero-order valence-corrected chi connectivity index (χ0v) is 13.1. The van der Waals surface area contributed by atoms with Crippen LogP contribution in [0.5, 0.6) is 5.75 Å². The number of nitrogens with zero attached hydrogens (tertiary/aromatic N) is 1. The highest BCUT2D eigenvalue weighted by Gasteiger charge is 2.19. The van der Waals surface area contributed by atoms with Crippen LogP contribution in [0, 0.1) is 13.8 Å². The van der Waals surface area contributed by atoms with E-state index in [1.165, 1.54) is 0 Å². The van der Waals surface area contributed by atoms with Gasteiger partial charge in [-0.3, -0.25) is 0 Å². The lowest BCUT2D eigenvalue weighted by atomic mass is 10.1. The first-order valence-corrected chi connectivity index (χ1v) is 7.34. The number of aryl methyl sites for hydroxylation is 2. The maximum absolute atomic E-state index is 12.1. The van der Waals surface area contributed by atoms with E-state index >= 15 is 0 Å². The van der Waals surface area contributed by atoms with Crippen LogP contribution in [0.3, 0.4) is 0 Å². The van der Waals surface area contributed by atoms with E-state index in [2.05, 4.69) is 15.8 Å². The Labute approximate surface area is 132 Å². The molecule has 7 heteroatoms. The Balaban J connectivity index is 1.68. The number of anilines is 1. The van der Waals surface area contributed by atoms with Crippen molar-refractivity contribution in [3.8, 4) is 5.75 Å². The Kier molecular flexibility index (Phi) is 3.94. The second-order valence-corrected chi connectivity index (χ2v) is 5.59. The molecule has 3 rings (SSSR count). The molecule has 0 saturated carbocycles. The van der Waals surface area contributed by atoms with Gasteiger partial charge in [-0.2, -0.15) is 0 Å². The third-order valence-electron chi connectivity index (χ3n) is 3.60. The van der Waals surface area contributed by atoms with Gasteiger partial charge in [-0.25, -0.2) is 4.79 Å². The van der Waals surface area contributed by atoms with Crippen molar-refractivity contribution in [2.75, 3.05) is 11.9 Å². The van der Waals surface area contributed by atoms with E-state index < -0.39 is 0 Å². The lowest BCUT2D eigenvalue weighted by molar-refractivity contribution is 0.251. The number of carbonyl (C=O) groups is 1. The molecule has 1 aliphatic rings. The van der Waals surface area contributed by atoms with Crippen LogP contribution in [0.2, 0.25) is 5.02 Å². The molecule has 116 valence electrons. The van der Waals surface area contributed by atoms with E-state index in [0.717, 1.165) is 23.2 Å². The molecule has 22 heavy (non-hydrogen) atoms. The van der Waals surface area contributed by atoms with Crippen LogP contribution in [-0.4, -0.2) is 17.8 Å². The lowest BCUT2D eigenvalue weighted by Crippen LogP contribution is -2.28. The van der Waals surface area contributed by atoms with Crippen LogP contribution in [0.1, 0.15) is 22.6 Å². The summed E-state index contributed by atoms with van der Waals surface area (Å²) < 4.78 is 10.6. The summed E-state index contributed by atoms with van der Waals surface area (Å²) in [4.78, 5) is 12.1. The minimum Gasteiger partial charge on any atom is -0.491 e. The van der Waals surface area contributed by atoms with Crippen LogP contribution in [0.4, 0.5) is 10.5 Å². The fraction of sp³-hybridized carbons (Fsp3) is 0.333. The van der Waals surface area contributed by atoms with Crippen molar-refractivity contribution in [2.24, 2.45) is 0 Å². The van der Waals surface area contributed by atoms with Gasteiger partial charge in [0.25, 0.3) is 0 Å². The number of rotatable bonds is 3. The number of ether oxygens (including phenoxy) is 1. The Morgan fingerprint density at radius 2 is 2.23 bits per heavy atom. The highest BCUT2D eigenvalue weighted by molar-refractivity contribution is 6.31. The number of urea groups is 1. The molecule has 1 aromatic heterocycles. The number of hydrogen-bond acceptors (Lipinski definition) is 4. The molecule has 1 aromatic carbocycles. The van der Waals surface area contributed by atoms with Crippen molar-refractivity contribution in [1.29, 1.82) is 0 Å². The summed E-state index contributed by atoms with van der Waals surface area (Å²) in [6.07, 6.45) is 0.797. The molecule has 0 atom stereocenters. The molecule has 6 nitrogen and oxygen atoms in total. The Hall–Kier alpha value is -2.21. The molecule has 2 N–H and O–H groups in total. The summed E-state index contributed by atoms with van der Waals surface area (Å²) in [6.45, 7) is 4.59. The van der Waals surface area contributed by atoms with Crippen LogP contribution < -0.4 is 15.4 Å². The number of benzene rings is 1. The molecule has 0 unspecified atom stereocenters. The van der Waals surface area contributed by atoms with Gasteiger partial charge in [0.15, 0.2) is 0 Å². The smallest absolute Gasteiger partial charge is 0.319 e. The predicted molar refractivity (Wildman–Crippen MR) is 82.5 cm³/mol. The van der Waals surface area contributed by atoms with Gasteiger partial charge in [-0.15, -0.1) is 0 Å². The summed E-state index contributed by atoms with van der Waals surface area (Å²) in [5, 5.41) is 9.98. The van der Waals surface area contributed by atoms with E-state index in [4.69, 9.17) is 20.9 Å². The molecule has 1 aliphatic heterocycles. The van der Waals surface area contributed by atoms with E-state index in [-0.39, 0.29) is 6.03 Å². The highest BCUT2D eigenvalue weighted by atomic mass is 35.5. The average molecular weight is 322 g/mol. The summed E-state index contributed by atoms with van der Waals surface area (Å²) in [5.74, 6) is 1.39. The van der Waals surface area contributed by atoms with Crippen LogP contribution in [0.25, 0.3) is 0 Å². The Morgan fingerprint density at radius 3 is 2.95 bits per heavy atom. The van der Waals surface area contributed by atoms with Gasteiger partial charge in [-0.05, 0) is 26.0 Å². The van der Waals surface area contributed by atoms with Gasteiger partial charge in [-0.1, -0.05) is 16.8 Å². The van der Waals surface area contributed by atoms with Crippen molar-refractivity contribution < 1.29 is 14.1 Å². The number of fused-ring (bicyclic) bond motifs is 1. The van der Waals surface area contributed by atoms with Crippen LogP contribution >= 0.6 is 11.6 Å². The monoisotopic (exact) mass is 321 g/mol. The molecule has 2 aromatic rings. The van der Waals surface area contributed by atoms with Gasteiger partial charge >= 0.3 is 6.03 Å². The van der Waals surface area contributed by atoms with Crippen molar-refractivity contribution in [2.45, 2.75) is 26.8 Å². The fourth-order valence-corrected chi connectivity index (χ4v) is 2.69. The van der Waals surface area contributed by atoms with Crippen molar-refractivity contribution in [3.05, 3.63) is 39.7 Å². The van der Waals surface area contributed by atoms with Gasteiger partial charge < -0.3 is 19.9 Å². The molecule has 0 bridgehead atoms. The van der Waals surface area contributed by atoms with Crippen LogP contribution in [-0.2, 0) is 13.0 Å². The summed E-state index contributed by atoms with van der Waals surface area (Å²) in [5.41, 5.74) is 3.23. The Morgan fingerprint density at radius 1 is 1.41 bits per heavy atom. The normalized spacial score (nSPS) is 12.7. The van der Waals surface area contributed by atoms with E-state index in [1.807, 2.05) is 19.9 Å². The third kappa shape index (κ3) is 2.87. The van der Waals surface area contributed by atoms with E-state index in [1.54, 1.807) is 6.07 Å². The quantitative estimate of drug-likeness (QED) is 0.910. The van der Waals surface area contributed by atoms with Crippen molar-refractivity contribution in [3.63, 3.8) is 0 Å². The average Bonchev–Trinajstić information content (AvgIpc) is 3.04. The van der Waals surface area contributed by atoms with Crippen LogP contribution in [0.15, 0.2) is 16.7 Å². The number of nitrogens with one attached hydrogen (secondary N) is 2. The van der Waals surface area contributed by atoms with Crippen molar-refractivity contribution >= 4 is 23.3 Å². The fourth-order valence-electron chi connectivity index (χ4n) is 2.45. The predicted octanol–water partition coefficient (Wildman–Crippen LogP) is 3.20. The number of aromatic nitrogens is 1. The summed E-state index contributed by atoms with van der Waals surface area (Å²) in [6, 6.07) is 3.21. The maximum atomic E-state index is 12.1. The number of carbonyl (C=O) groups excluding carboxylic acids is 1. The van der Waals surface area contributed by atoms with Gasteiger partial charge in [0, 0.05) is 29.1 Å². The zero-order valence-electron chi connectivity index (χ0n) is 12.3. The first-order chi connectivity index (χ1) is 10.5. The SMILES string of the molecule is Cc1noc(C)c1CNC(=O)Nc1cc(Cl)cc2c1OCC2. The maximum Gasteiger partial charge on any atom is 0.319 e. The minimum absolute atomic E-state index is 0.333. The molecule has 2 heterocycles. The summed E-state index contributed by atoms with van der Waals surface area (Å²) >= 11 is 6.06. The number of hydrogen-bond donors (Lipinski definition) is 2. The first kappa shape index (κ1) is 14.7. The molecular formula is C15H16ClN3O3. The van der Waals surface area contributed by atoms with Crippen molar-refractivity contribution in [1.82, 2.24) is 10.5 Å². The topological polar surface area (TPSA) is 76.4 Å². The number of amides is 2. The summed E-state index contributed by atoms with van der Waals surface area (Å²) in [7, 11) is 0. The highest BCUT2D eigenvalue weighted by Crippen LogP contribution is 2.36. The molecular weight excluding hydrogens is 306 g/mol. The molecule has 0 radical (unpaired) electrons. The third-order valence-corrected chi connectivity index (χ3v) is 3.82. The molecule has 2 amide bonds.